The lowest BCUT2D eigenvalue weighted by Gasteiger charge is -2.48. The molecule has 0 aromatic heterocycles. The van der Waals surface area contributed by atoms with Gasteiger partial charge in [0.05, 0.1) is 13.2 Å². The van der Waals surface area contributed by atoms with Gasteiger partial charge < -0.3 is 30.5 Å². The van der Waals surface area contributed by atoms with Crippen LogP contribution in [0.3, 0.4) is 0 Å². The molecule has 3 aromatic rings. The standard InChI is InChI=1S/C39H47NO6/c1-3-40-25-27-11-8-18-39(24-27,30-15-17-34(42)37(45)21-30)33-13-7-12-28(19-26-9-5-4-6-10-26)32(22-31(41)23-36(33)44)29-14-16-35(43)38(20-29)46-2/h4-6,9-10,14-17,20-21,27-28,32-33,36,40,42-45H,3,8,11,13,18-19,22-25H2,1-2H3. The number of phenolic OH excluding ortho intramolecular Hbond substituents is 3. The molecule has 3 aromatic carbocycles. The second-order valence-corrected chi connectivity index (χ2v) is 13.1. The van der Waals surface area contributed by atoms with E-state index < -0.39 is 11.5 Å². The predicted molar refractivity (Wildman–Crippen MR) is 179 cm³/mol. The molecular formula is C39H47NO6. The van der Waals surface area contributed by atoms with Gasteiger partial charge >= 0.3 is 0 Å². The van der Waals surface area contributed by atoms with E-state index >= 15 is 0 Å². The average molecular weight is 626 g/mol. The molecule has 0 bridgehead atoms. The normalized spacial score (nSPS) is 26.9. The number of aliphatic hydroxyl groups is 1. The first-order valence-electron chi connectivity index (χ1n) is 16.6. The van der Waals surface area contributed by atoms with Crippen molar-refractivity contribution < 1.29 is 30.0 Å². The zero-order valence-corrected chi connectivity index (χ0v) is 26.9. The van der Waals surface area contributed by atoms with Crippen LogP contribution in [0.15, 0.2) is 66.7 Å². The molecule has 2 aliphatic rings. The van der Waals surface area contributed by atoms with E-state index in [1.807, 2.05) is 30.3 Å². The molecule has 0 radical (unpaired) electrons. The molecule has 1 fully saturated rings. The summed E-state index contributed by atoms with van der Waals surface area (Å²) in [4.78, 5) is 13.9. The van der Waals surface area contributed by atoms with E-state index in [4.69, 9.17) is 4.74 Å². The molecule has 1 saturated carbocycles. The van der Waals surface area contributed by atoms with Gasteiger partial charge in [-0.25, -0.2) is 0 Å². The topological polar surface area (TPSA) is 119 Å². The van der Waals surface area contributed by atoms with Gasteiger partial charge in [0.1, 0.15) is 5.78 Å². The van der Waals surface area contributed by atoms with Crippen LogP contribution < -0.4 is 10.1 Å². The summed E-state index contributed by atoms with van der Waals surface area (Å²) in [6.45, 7) is 3.81. The number of carbonyl (C=O) groups is 1. The van der Waals surface area contributed by atoms with Crippen LogP contribution >= 0.6 is 0 Å². The first-order valence-corrected chi connectivity index (χ1v) is 16.6. The van der Waals surface area contributed by atoms with Gasteiger partial charge in [-0.05, 0) is 85.6 Å². The van der Waals surface area contributed by atoms with Crippen LogP contribution in [-0.4, -0.2) is 52.5 Å². The summed E-state index contributed by atoms with van der Waals surface area (Å²) in [5.74, 6) is 6.60. The second-order valence-electron chi connectivity index (χ2n) is 13.1. The third-order valence-electron chi connectivity index (χ3n) is 10.2. The number of hydrogen-bond acceptors (Lipinski definition) is 7. The summed E-state index contributed by atoms with van der Waals surface area (Å²) in [6.07, 6.45) is 3.87. The number of methoxy groups -OCH3 is 1. The van der Waals surface area contributed by atoms with Crippen LogP contribution in [0, 0.1) is 29.6 Å². The van der Waals surface area contributed by atoms with E-state index in [9.17, 15) is 25.2 Å². The molecule has 0 aliphatic heterocycles. The number of benzene rings is 3. The number of ether oxygens (including phenoxy) is 1. The highest BCUT2D eigenvalue weighted by Gasteiger charge is 2.47. The molecule has 7 heteroatoms. The van der Waals surface area contributed by atoms with E-state index in [-0.39, 0.29) is 53.6 Å². The van der Waals surface area contributed by atoms with Crippen LogP contribution in [0.2, 0.25) is 0 Å². The predicted octanol–water partition coefficient (Wildman–Crippen LogP) is 6.23. The Balaban J connectivity index is 1.58. The van der Waals surface area contributed by atoms with Crippen LogP contribution in [-0.2, 0) is 16.6 Å². The Morgan fingerprint density at radius 2 is 1.76 bits per heavy atom. The maximum Gasteiger partial charge on any atom is 0.160 e. The fourth-order valence-corrected chi connectivity index (χ4v) is 7.88. The number of carbonyl (C=O) groups excluding carboxylic acids is 1. The van der Waals surface area contributed by atoms with Crippen molar-refractivity contribution in [3.63, 3.8) is 0 Å². The van der Waals surface area contributed by atoms with Gasteiger partial charge in [0.2, 0.25) is 0 Å². The van der Waals surface area contributed by atoms with Gasteiger partial charge in [0.25, 0.3) is 0 Å². The molecule has 46 heavy (non-hydrogen) atoms. The molecular weight excluding hydrogens is 578 g/mol. The number of ketones is 1. The van der Waals surface area contributed by atoms with Gasteiger partial charge in [0.15, 0.2) is 23.0 Å². The van der Waals surface area contributed by atoms with Gasteiger partial charge in [-0.15, -0.1) is 5.92 Å². The van der Waals surface area contributed by atoms with Crippen molar-refractivity contribution in [3.8, 4) is 34.8 Å². The minimum Gasteiger partial charge on any atom is -0.504 e. The molecule has 5 rings (SSSR count). The summed E-state index contributed by atoms with van der Waals surface area (Å²) in [6, 6.07) is 20.4. The average Bonchev–Trinajstić information content (AvgIpc) is 3.06. The molecule has 7 nitrogen and oxygen atoms in total. The van der Waals surface area contributed by atoms with E-state index in [0.29, 0.717) is 24.5 Å². The van der Waals surface area contributed by atoms with Crippen molar-refractivity contribution in [2.75, 3.05) is 20.2 Å². The van der Waals surface area contributed by atoms with Crippen molar-refractivity contribution in [1.29, 1.82) is 0 Å². The van der Waals surface area contributed by atoms with Crippen molar-refractivity contribution in [1.82, 2.24) is 5.32 Å². The van der Waals surface area contributed by atoms with Gasteiger partial charge in [-0.2, -0.15) is 0 Å². The van der Waals surface area contributed by atoms with Crippen molar-refractivity contribution >= 4 is 5.78 Å². The fraction of sp³-hybridized carbons (Fsp3) is 0.462. The largest absolute Gasteiger partial charge is 0.504 e. The van der Waals surface area contributed by atoms with Crippen molar-refractivity contribution in [2.45, 2.75) is 75.7 Å². The van der Waals surface area contributed by atoms with E-state index in [1.54, 1.807) is 18.2 Å². The second kappa shape index (κ2) is 15.1. The minimum atomic E-state index is -0.934. The molecule has 0 saturated heterocycles. The number of Topliss-reactive ketones (excluding diaryl/α,β-unsaturated/α-hetero) is 1. The Hall–Kier alpha value is -3.99. The molecule has 2 aliphatic carbocycles. The number of aliphatic hydroxyl groups excluding tert-OH is 1. The maximum atomic E-state index is 13.9. The van der Waals surface area contributed by atoms with Gasteiger partial charge in [-0.3, -0.25) is 4.79 Å². The smallest absolute Gasteiger partial charge is 0.160 e. The molecule has 6 atom stereocenters. The monoisotopic (exact) mass is 625 g/mol. The SMILES string of the molecule is CCNCC1CCCC(c2ccc(O)c(O)c2)(C2CC#CC(Cc3ccccc3)C(c3ccc(O)c(OC)c3)CC(=O)CC2O)C1. The zero-order valence-electron chi connectivity index (χ0n) is 26.9. The highest BCUT2D eigenvalue weighted by molar-refractivity contribution is 5.80. The third-order valence-corrected chi connectivity index (χ3v) is 10.2. The van der Waals surface area contributed by atoms with E-state index in [1.165, 1.54) is 13.2 Å². The lowest BCUT2D eigenvalue weighted by molar-refractivity contribution is -0.123. The van der Waals surface area contributed by atoms with Gasteiger partial charge in [-0.1, -0.05) is 61.7 Å². The molecule has 0 spiro atoms. The lowest BCUT2D eigenvalue weighted by Crippen LogP contribution is -2.47. The summed E-state index contributed by atoms with van der Waals surface area (Å²) < 4.78 is 5.41. The van der Waals surface area contributed by atoms with E-state index in [0.717, 1.165) is 55.5 Å². The number of phenols is 3. The Morgan fingerprint density at radius 1 is 0.978 bits per heavy atom. The Bertz CT molecular complexity index is 1550. The quantitative estimate of drug-likeness (QED) is 0.141. The number of hydrogen-bond donors (Lipinski definition) is 5. The summed E-state index contributed by atoms with van der Waals surface area (Å²) >= 11 is 0. The Labute approximate surface area is 272 Å². The number of rotatable bonds is 9. The number of aromatic hydroxyl groups is 3. The number of nitrogens with one attached hydrogen (secondary N) is 1. The zero-order chi connectivity index (χ0) is 32.7. The highest BCUT2D eigenvalue weighted by Crippen LogP contribution is 2.51. The summed E-state index contributed by atoms with van der Waals surface area (Å²) in [5.41, 5.74) is 2.32. The van der Waals surface area contributed by atoms with Crippen LogP contribution in [0.1, 0.15) is 74.5 Å². The molecule has 6 unspecified atom stereocenters. The highest BCUT2D eigenvalue weighted by atomic mass is 16.5. The van der Waals surface area contributed by atoms with E-state index in [2.05, 4.69) is 36.2 Å². The summed E-state index contributed by atoms with van der Waals surface area (Å²) in [5, 5.41) is 46.5. The van der Waals surface area contributed by atoms with Crippen LogP contribution in [0.5, 0.6) is 23.0 Å². The molecule has 0 amide bonds. The molecule has 0 heterocycles. The fourth-order valence-electron chi connectivity index (χ4n) is 7.88. The molecule has 5 N–H and O–H groups in total. The van der Waals surface area contributed by atoms with Crippen LogP contribution in [0.4, 0.5) is 0 Å². The van der Waals surface area contributed by atoms with Gasteiger partial charge in [0, 0.05) is 42.4 Å². The summed E-state index contributed by atoms with van der Waals surface area (Å²) in [7, 11) is 1.51. The minimum absolute atomic E-state index is 0.000184. The maximum absolute atomic E-state index is 13.9. The van der Waals surface area contributed by atoms with Crippen molar-refractivity contribution in [3.05, 3.63) is 83.4 Å². The first-order chi connectivity index (χ1) is 22.2. The lowest BCUT2D eigenvalue weighted by atomic mass is 9.57. The molecule has 244 valence electrons. The third kappa shape index (κ3) is 7.52. The Kier molecular flexibility index (Phi) is 10.9. The van der Waals surface area contributed by atoms with Crippen molar-refractivity contribution in [2.24, 2.45) is 17.8 Å². The Morgan fingerprint density at radius 3 is 2.50 bits per heavy atom. The first kappa shape index (κ1) is 33.4. The van der Waals surface area contributed by atoms with Crippen LogP contribution in [0.25, 0.3) is 0 Å².